The molecule has 2 atom stereocenters. The van der Waals surface area contributed by atoms with Crippen LogP contribution < -0.4 is 0 Å². The van der Waals surface area contributed by atoms with E-state index >= 15 is 0 Å². The lowest BCUT2D eigenvalue weighted by Crippen LogP contribution is -2.04. The van der Waals surface area contributed by atoms with Gasteiger partial charge in [-0.3, -0.25) is 0 Å². The van der Waals surface area contributed by atoms with Crippen LogP contribution in [0.25, 0.3) is 0 Å². The fraction of sp³-hybridized carbons (Fsp3) is 1.00. The maximum atomic E-state index is 6.00. The number of alkyl halides is 2. The third-order valence-corrected chi connectivity index (χ3v) is 3.58. The number of hydrogen-bond donors (Lipinski definition) is 0. The molecule has 11 heavy (non-hydrogen) atoms. The number of ether oxygens (including phenoxy) is 1. The molecule has 1 aliphatic heterocycles. The molecule has 1 nitrogen and oxygen atoms in total. The molecule has 3 heteroatoms. The molecular formula is C8H12Cl2O. The van der Waals surface area contributed by atoms with Crippen molar-refractivity contribution in [3.8, 4) is 0 Å². The van der Waals surface area contributed by atoms with Crippen LogP contribution in [0.2, 0.25) is 0 Å². The molecule has 0 aromatic carbocycles. The van der Waals surface area contributed by atoms with Gasteiger partial charge in [-0.1, -0.05) is 36.0 Å². The molecule has 2 aliphatic rings. The Morgan fingerprint density at radius 1 is 1.18 bits per heavy atom. The number of rotatable bonds is 0. The number of fused-ring (bicyclic) bond motifs is 1. The lowest BCUT2D eigenvalue weighted by molar-refractivity contribution is 0.0955. The summed E-state index contributed by atoms with van der Waals surface area (Å²) in [5, 5.41) is 0. The Bertz CT molecular complexity index is 142. The molecule has 1 saturated heterocycles. The minimum absolute atomic E-state index is 0.131. The van der Waals surface area contributed by atoms with Gasteiger partial charge in [0.15, 0.2) is 0 Å². The van der Waals surface area contributed by atoms with E-state index in [1.165, 1.54) is 12.8 Å². The normalized spacial score (nSPS) is 42.0. The Labute approximate surface area is 77.0 Å². The summed E-state index contributed by atoms with van der Waals surface area (Å²) in [4.78, 5) is 0. The average molecular weight is 195 g/mol. The highest BCUT2D eigenvalue weighted by atomic mass is 35.5. The summed E-state index contributed by atoms with van der Waals surface area (Å²) in [6.07, 6.45) is 4.94. The lowest BCUT2D eigenvalue weighted by atomic mass is 10.1. The highest BCUT2D eigenvalue weighted by Crippen LogP contribution is 2.58. The summed E-state index contributed by atoms with van der Waals surface area (Å²) in [7, 11) is 0. The second-order valence-corrected chi connectivity index (χ2v) is 4.87. The van der Waals surface area contributed by atoms with E-state index in [2.05, 4.69) is 0 Å². The molecular weight excluding hydrogens is 183 g/mol. The van der Waals surface area contributed by atoms with Crippen LogP contribution in [0.15, 0.2) is 0 Å². The molecule has 2 fully saturated rings. The maximum absolute atomic E-state index is 6.00. The number of halogens is 2. The van der Waals surface area contributed by atoms with Gasteiger partial charge in [-0.15, -0.1) is 0 Å². The Morgan fingerprint density at radius 2 is 2.00 bits per heavy atom. The summed E-state index contributed by atoms with van der Waals surface area (Å²) >= 11 is 12.0. The topological polar surface area (TPSA) is 9.23 Å². The van der Waals surface area contributed by atoms with Crippen molar-refractivity contribution in [2.45, 2.75) is 36.1 Å². The zero-order valence-corrected chi connectivity index (χ0v) is 7.87. The highest BCUT2D eigenvalue weighted by molar-refractivity contribution is 6.51. The van der Waals surface area contributed by atoms with Gasteiger partial charge in [0.2, 0.25) is 0 Å². The van der Waals surface area contributed by atoms with E-state index < -0.39 is 4.33 Å². The largest absolute Gasteiger partial charge is 0.375 e. The van der Waals surface area contributed by atoms with Crippen LogP contribution in [0.1, 0.15) is 25.7 Å². The molecule has 64 valence electrons. The van der Waals surface area contributed by atoms with E-state index in [0.717, 1.165) is 19.4 Å². The standard InChI is InChI=1S/C8H12Cl2O/c9-8(10)6-4-2-1-3-5-11-7(6)8/h6-7H,1-5H2/t6-,7+/m1/s1. The van der Waals surface area contributed by atoms with Gasteiger partial charge in [-0.05, 0) is 12.8 Å². The second kappa shape index (κ2) is 2.79. The SMILES string of the molecule is ClC1(Cl)[C@@H]2CCCCCO[C@@H]21. The van der Waals surface area contributed by atoms with Crippen molar-refractivity contribution < 1.29 is 4.74 Å². The van der Waals surface area contributed by atoms with Gasteiger partial charge >= 0.3 is 0 Å². The Balaban J connectivity index is 1.95. The summed E-state index contributed by atoms with van der Waals surface area (Å²) in [5.41, 5.74) is 0. The zero-order chi connectivity index (χ0) is 7.90. The Hall–Kier alpha value is 0.540. The molecule has 0 bridgehead atoms. The summed E-state index contributed by atoms with van der Waals surface area (Å²) in [5.74, 6) is 0.408. The van der Waals surface area contributed by atoms with Gasteiger partial charge in [0.1, 0.15) is 4.33 Å². The molecule has 0 N–H and O–H groups in total. The first-order valence-electron chi connectivity index (χ1n) is 4.22. The van der Waals surface area contributed by atoms with E-state index in [1.54, 1.807) is 0 Å². The summed E-state index contributed by atoms with van der Waals surface area (Å²) in [6, 6.07) is 0. The average Bonchev–Trinajstić information content (AvgIpc) is 2.29. The van der Waals surface area contributed by atoms with Gasteiger partial charge in [0.05, 0.1) is 6.10 Å². The van der Waals surface area contributed by atoms with Gasteiger partial charge in [-0.25, -0.2) is 0 Å². The minimum atomic E-state index is -0.551. The van der Waals surface area contributed by atoms with Crippen LogP contribution in [-0.2, 0) is 4.74 Å². The third kappa shape index (κ3) is 1.39. The van der Waals surface area contributed by atoms with E-state index in [-0.39, 0.29) is 6.10 Å². The summed E-state index contributed by atoms with van der Waals surface area (Å²) in [6.45, 7) is 0.836. The molecule has 1 aliphatic carbocycles. The zero-order valence-electron chi connectivity index (χ0n) is 6.35. The van der Waals surface area contributed by atoms with E-state index in [4.69, 9.17) is 27.9 Å². The molecule has 1 saturated carbocycles. The monoisotopic (exact) mass is 194 g/mol. The Kier molecular flexibility index (Phi) is 2.07. The first-order chi connectivity index (χ1) is 5.23. The van der Waals surface area contributed by atoms with Crippen LogP contribution in [0.5, 0.6) is 0 Å². The van der Waals surface area contributed by atoms with Gasteiger partial charge in [0.25, 0.3) is 0 Å². The highest BCUT2D eigenvalue weighted by Gasteiger charge is 2.63. The van der Waals surface area contributed by atoms with Gasteiger partial charge < -0.3 is 4.74 Å². The van der Waals surface area contributed by atoms with Crippen molar-refractivity contribution in [1.82, 2.24) is 0 Å². The third-order valence-electron chi connectivity index (χ3n) is 2.59. The predicted molar refractivity (Wildman–Crippen MR) is 46.1 cm³/mol. The molecule has 2 rings (SSSR count). The Morgan fingerprint density at radius 3 is 2.82 bits per heavy atom. The van der Waals surface area contributed by atoms with Crippen LogP contribution in [0.3, 0.4) is 0 Å². The van der Waals surface area contributed by atoms with E-state index in [0.29, 0.717) is 5.92 Å². The molecule has 0 spiro atoms. The van der Waals surface area contributed by atoms with Crippen LogP contribution in [0.4, 0.5) is 0 Å². The van der Waals surface area contributed by atoms with Crippen LogP contribution in [-0.4, -0.2) is 17.0 Å². The van der Waals surface area contributed by atoms with Crippen molar-refractivity contribution in [2.24, 2.45) is 5.92 Å². The maximum Gasteiger partial charge on any atom is 0.149 e. The molecule has 0 unspecified atom stereocenters. The second-order valence-electron chi connectivity index (χ2n) is 3.42. The van der Waals surface area contributed by atoms with E-state index in [1.807, 2.05) is 0 Å². The summed E-state index contributed by atoms with van der Waals surface area (Å²) < 4.78 is 4.96. The fourth-order valence-corrected chi connectivity index (χ4v) is 2.53. The smallest absolute Gasteiger partial charge is 0.149 e. The number of hydrogen-bond acceptors (Lipinski definition) is 1. The first-order valence-corrected chi connectivity index (χ1v) is 4.98. The molecule has 0 aromatic rings. The molecule has 0 aromatic heterocycles. The van der Waals surface area contributed by atoms with Crippen molar-refractivity contribution >= 4 is 23.2 Å². The molecule has 0 amide bonds. The van der Waals surface area contributed by atoms with Crippen molar-refractivity contribution in [3.63, 3.8) is 0 Å². The first kappa shape index (κ1) is 8.15. The lowest BCUT2D eigenvalue weighted by Gasteiger charge is -2.06. The van der Waals surface area contributed by atoms with Crippen molar-refractivity contribution in [1.29, 1.82) is 0 Å². The van der Waals surface area contributed by atoms with E-state index in [9.17, 15) is 0 Å². The van der Waals surface area contributed by atoms with Gasteiger partial charge in [-0.2, -0.15) is 0 Å². The molecule has 1 heterocycles. The minimum Gasteiger partial charge on any atom is -0.375 e. The van der Waals surface area contributed by atoms with Crippen LogP contribution >= 0.6 is 23.2 Å². The van der Waals surface area contributed by atoms with Crippen LogP contribution in [0, 0.1) is 5.92 Å². The molecule has 0 radical (unpaired) electrons. The predicted octanol–water partition coefficient (Wildman–Crippen LogP) is 2.75. The van der Waals surface area contributed by atoms with Crippen molar-refractivity contribution in [3.05, 3.63) is 0 Å². The quantitative estimate of drug-likeness (QED) is 0.540. The van der Waals surface area contributed by atoms with Gasteiger partial charge in [0, 0.05) is 12.5 Å². The van der Waals surface area contributed by atoms with Crippen molar-refractivity contribution in [2.75, 3.05) is 6.61 Å². The fourth-order valence-electron chi connectivity index (χ4n) is 1.78.